The van der Waals surface area contributed by atoms with Crippen LogP contribution >= 0.6 is 10.7 Å². The van der Waals surface area contributed by atoms with Gasteiger partial charge in [-0.25, -0.2) is 8.42 Å². The molecule has 0 aliphatic rings. The van der Waals surface area contributed by atoms with Crippen LogP contribution in [0.25, 0.3) is 0 Å². The molecule has 0 aliphatic carbocycles. The van der Waals surface area contributed by atoms with Crippen molar-refractivity contribution in [2.24, 2.45) is 0 Å². The molecule has 0 N–H and O–H groups in total. The van der Waals surface area contributed by atoms with Gasteiger partial charge in [0.25, 0.3) is 9.05 Å². The summed E-state index contributed by atoms with van der Waals surface area (Å²) in [6, 6.07) is 7.58. The van der Waals surface area contributed by atoms with Crippen molar-refractivity contribution in [1.82, 2.24) is 0 Å². The van der Waals surface area contributed by atoms with Gasteiger partial charge in [0.2, 0.25) is 0 Å². The Morgan fingerprint density at radius 1 is 1.44 bits per heavy atom. The van der Waals surface area contributed by atoms with E-state index >= 15 is 0 Å². The molecular formula is C10H10ClNO3S. The molecule has 0 radical (unpaired) electrons. The van der Waals surface area contributed by atoms with Gasteiger partial charge < -0.3 is 4.74 Å². The predicted octanol–water partition coefficient (Wildman–Crippen LogP) is 2.30. The number of nitrogens with zero attached hydrogens (tertiary/aromatic N) is 1. The molecule has 0 heterocycles. The lowest BCUT2D eigenvalue weighted by atomic mass is 10.3. The third-order valence-corrected chi connectivity index (χ3v) is 3.27. The maximum atomic E-state index is 11.0. The summed E-state index contributed by atoms with van der Waals surface area (Å²) in [7, 11) is 1.44. The summed E-state index contributed by atoms with van der Waals surface area (Å²) < 4.78 is 27.2. The molecule has 1 aromatic carbocycles. The third-order valence-electron chi connectivity index (χ3n) is 1.90. The summed E-state index contributed by atoms with van der Waals surface area (Å²) in [5, 5.41) is 8.68. The highest BCUT2D eigenvalue weighted by Crippen LogP contribution is 2.20. The monoisotopic (exact) mass is 259 g/mol. The molecule has 1 unspecified atom stereocenters. The maximum Gasteiger partial charge on any atom is 0.261 e. The minimum atomic E-state index is -3.71. The standard InChI is InChI=1S/C10H10ClNO3S/c1-2-8(7-12)15-9-3-5-10(6-4-9)16(11,13)14/h3-6,8H,2H2,1H3. The van der Waals surface area contributed by atoms with Crippen LogP contribution in [0.15, 0.2) is 29.2 Å². The largest absolute Gasteiger partial charge is 0.476 e. The van der Waals surface area contributed by atoms with Crippen molar-refractivity contribution in [3.05, 3.63) is 24.3 Å². The van der Waals surface area contributed by atoms with E-state index in [0.717, 1.165) is 0 Å². The highest BCUT2D eigenvalue weighted by atomic mass is 35.7. The topological polar surface area (TPSA) is 67.2 Å². The first-order valence-corrected chi connectivity index (χ1v) is 6.89. The van der Waals surface area contributed by atoms with Gasteiger partial charge in [0.15, 0.2) is 6.10 Å². The number of ether oxygens (including phenoxy) is 1. The second kappa shape index (κ2) is 5.19. The summed E-state index contributed by atoms with van der Waals surface area (Å²) >= 11 is 0. The van der Waals surface area contributed by atoms with Gasteiger partial charge in [0.05, 0.1) is 4.90 Å². The van der Waals surface area contributed by atoms with Crippen LogP contribution in [0.2, 0.25) is 0 Å². The second-order valence-electron chi connectivity index (χ2n) is 3.05. The zero-order valence-corrected chi connectivity index (χ0v) is 10.1. The summed E-state index contributed by atoms with van der Waals surface area (Å²) in [6.45, 7) is 1.82. The van der Waals surface area contributed by atoms with Crippen LogP contribution in [0.4, 0.5) is 0 Å². The van der Waals surface area contributed by atoms with Crippen molar-refractivity contribution in [3.8, 4) is 11.8 Å². The summed E-state index contributed by atoms with van der Waals surface area (Å²) in [5.41, 5.74) is 0. The van der Waals surface area contributed by atoms with E-state index < -0.39 is 15.2 Å². The van der Waals surface area contributed by atoms with Gasteiger partial charge in [0, 0.05) is 10.7 Å². The third kappa shape index (κ3) is 3.40. The van der Waals surface area contributed by atoms with Crippen molar-refractivity contribution in [2.45, 2.75) is 24.3 Å². The fraction of sp³-hybridized carbons (Fsp3) is 0.300. The fourth-order valence-electron chi connectivity index (χ4n) is 1.05. The SMILES string of the molecule is CCC(C#N)Oc1ccc(S(=O)(=O)Cl)cc1. The molecular weight excluding hydrogens is 250 g/mol. The van der Waals surface area contributed by atoms with Crippen LogP contribution < -0.4 is 4.74 Å². The van der Waals surface area contributed by atoms with Crippen molar-refractivity contribution >= 4 is 19.7 Å². The molecule has 0 saturated carbocycles. The molecule has 0 aliphatic heterocycles. The first kappa shape index (κ1) is 12.8. The number of halogens is 1. The Labute approximate surface area is 98.8 Å². The lowest BCUT2D eigenvalue weighted by Crippen LogP contribution is -2.12. The van der Waals surface area contributed by atoms with E-state index in [2.05, 4.69) is 0 Å². The molecule has 0 bridgehead atoms. The fourth-order valence-corrected chi connectivity index (χ4v) is 1.82. The van der Waals surface area contributed by atoms with E-state index in [-0.39, 0.29) is 4.90 Å². The Bertz CT molecular complexity index is 490. The van der Waals surface area contributed by atoms with Crippen molar-refractivity contribution in [1.29, 1.82) is 5.26 Å². The lowest BCUT2D eigenvalue weighted by molar-refractivity contribution is 0.252. The van der Waals surface area contributed by atoms with Gasteiger partial charge in [0.1, 0.15) is 11.8 Å². The van der Waals surface area contributed by atoms with Gasteiger partial charge >= 0.3 is 0 Å². The molecule has 6 heteroatoms. The average molecular weight is 260 g/mol. The number of rotatable bonds is 4. The van der Waals surface area contributed by atoms with E-state index in [1.807, 2.05) is 13.0 Å². The second-order valence-corrected chi connectivity index (χ2v) is 5.62. The molecule has 1 rings (SSSR count). The van der Waals surface area contributed by atoms with E-state index in [4.69, 9.17) is 20.7 Å². The van der Waals surface area contributed by atoms with E-state index in [0.29, 0.717) is 12.2 Å². The molecule has 1 aromatic rings. The van der Waals surface area contributed by atoms with Crippen LogP contribution in [0, 0.1) is 11.3 Å². The Hall–Kier alpha value is -1.25. The van der Waals surface area contributed by atoms with E-state index in [1.165, 1.54) is 24.3 Å². The van der Waals surface area contributed by atoms with Crippen molar-refractivity contribution in [3.63, 3.8) is 0 Å². The molecule has 4 nitrogen and oxygen atoms in total. The number of hydrogen-bond donors (Lipinski definition) is 0. The molecule has 0 saturated heterocycles. The Kier molecular flexibility index (Phi) is 4.16. The summed E-state index contributed by atoms with van der Waals surface area (Å²) in [5.74, 6) is 0.442. The molecule has 0 aromatic heterocycles. The normalized spacial score (nSPS) is 12.8. The van der Waals surface area contributed by atoms with Crippen molar-refractivity contribution < 1.29 is 13.2 Å². The molecule has 0 spiro atoms. The van der Waals surface area contributed by atoms with Crippen LogP contribution in [0.5, 0.6) is 5.75 Å². The quantitative estimate of drug-likeness (QED) is 0.778. The number of hydrogen-bond acceptors (Lipinski definition) is 4. The predicted molar refractivity (Wildman–Crippen MR) is 59.8 cm³/mol. The zero-order chi connectivity index (χ0) is 12.2. The van der Waals surface area contributed by atoms with Gasteiger partial charge in [-0.3, -0.25) is 0 Å². The summed E-state index contributed by atoms with van der Waals surface area (Å²) in [4.78, 5) is 0.00604. The first-order chi connectivity index (χ1) is 7.47. The molecule has 0 amide bonds. The zero-order valence-electron chi connectivity index (χ0n) is 8.55. The Balaban J connectivity index is 2.85. The maximum absolute atomic E-state index is 11.0. The van der Waals surface area contributed by atoms with Gasteiger partial charge in [-0.2, -0.15) is 5.26 Å². The molecule has 16 heavy (non-hydrogen) atoms. The average Bonchev–Trinajstić information content (AvgIpc) is 2.25. The van der Waals surface area contributed by atoms with Crippen molar-refractivity contribution in [2.75, 3.05) is 0 Å². The van der Waals surface area contributed by atoms with Crippen LogP contribution in [-0.2, 0) is 9.05 Å². The lowest BCUT2D eigenvalue weighted by Gasteiger charge is -2.09. The number of nitriles is 1. The van der Waals surface area contributed by atoms with Gasteiger partial charge in [-0.05, 0) is 30.7 Å². The number of benzene rings is 1. The highest BCUT2D eigenvalue weighted by Gasteiger charge is 2.10. The first-order valence-electron chi connectivity index (χ1n) is 4.58. The Morgan fingerprint density at radius 2 is 2.00 bits per heavy atom. The highest BCUT2D eigenvalue weighted by molar-refractivity contribution is 8.13. The van der Waals surface area contributed by atoms with Crippen LogP contribution in [0.3, 0.4) is 0 Å². The molecule has 0 fully saturated rings. The van der Waals surface area contributed by atoms with E-state index in [1.54, 1.807) is 0 Å². The van der Waals surface area contributed by atoms with Gasteiger partial charge in [-0.1, -0.05) is 6.92 Å². The smallest absolute Gasteiger partial charge is 0.261 e. The van der Waals surface area contributed by atoms with Gasteiger partial charge in [-0.15, -0.1) is 0 Å². The van der Waals surface area contributed by atoms with Crippen LogP contribution in [-0.4, -0.2) is 14.5 Å². The van der Waals surface area contributed by atoms with Crippen LogP contribution in [0.1, 0.15) is 13.3 Å². The minimum Gasteiger partial charge on any atom is -0.476 e. The summed E-state index contributed by atoms with van der Waals surface area (Å²) in [6.07, 6.45) is 0.0324. The minimum absolute atomic E-state index is 0.00604. The Morgan fingerprint density at radius 3 is 2.38 bits per heavy atom. The molecule has 86 valence electrons. The van der Waals surface area contributed by atoms with E-state index in [9.17, 15) is 8.42 Å². The molecule has 1 atom stereocenters.